The maximum atomic E-state index is 13.0. The lowest BCUT2D eigenvalue weighted by Gasteiger charge is -2.19. The maximum absolute atomic E-state index is 13.0. The van der Waals surface area contributed by atoms with E-state index in [0.29, 0.717) is 5.02 Å². The van der Waals surface area contributed by atoms with Gasteiger partial charge in [-0.3, -0.25) is 0 Å². The monoisotopic (exact) mass is 257 g/mol. The van der Waals surface area contributed by atoms with Crippen LogP contribution in [0, 0.1) is 5.82 Å². The van der Waals surface area contributed by atoms with Crippen molar-refractivity contribution in [3.8, 4) is 0 Å². The molecule has 1 unspecified atom stereocenters. The number of hydrogen-bond donors (Lipinski definition) is 1. The minimum Gasteiger partial charge on any atom is -0.310 e. The molecule has 17 heavy (non-hydrogen) atoms. The number of unbranched alkanes of at least 4 members (excludes halogenated alkanes) is 2. The molecule has 0 fully saturated rings. The SMILES string of the molecule is CCCCCC(NCC)c1ccc(F)cc1Cl. The number of benzene rings is 1. The van der Waals surface area contributed by atoms with E-state index in [-0.39, 0.29) is 11.9 Å². The number of hydrogen-bond acceptors (Lipinski definition) is 1. The zero-order valence-corrected chi connectivity index (χ0v) is 11.4. The Morgan fingerprint density at radius 3 is 2.65 bits per heavy atom. The second kappa shape index (κ2) is 7.67. The summed E-state index contributed by atoms with van der Waals surface area (Å²) in [4.78, 5) is 0. The van der Waals surface area contributed by atoms with E-state index in [2.05, 4.69) is 19.2 Å². The van der Waals surface area contributed by atoms with Crippen molar-refractivity contribution in [1.82, 2.24) is 5.32 Å². The van der Waals surface area contributed by atoms with Crippen molar-refractivity contribution in [2.45, 2.75) is 45.6 Å². The fourth-order valence-corrected chi connectivity index (χ4v) is 2.30. The van der Waals surface area contributed by atoms with E-state index in [0.717, 1.165) is 18.5 Å². The van der Waals surface area contributed by atoms with Gasteiger partial charge in [0.05, 0.1) is 0 Å². The van der Waals surface area contributed by atoms with E-state index in [1.165, 1.54) is 31.4 Å². The van der Waals surface area contributed by atoms with Gasteiger partial charge in [0, 0.05) is 11.1 Å². The van der Waals surface area contributed by atoms with Crippen LogP contribution < -0.4 is 5.32 Å². The summed E-state index contributed by atoms with van der Waals surface area (Å²) in [6.45, 7) is 5.15. The number of halogens is 2. The Hall–Kier alpha value is -0.600. The molecular formula is C14H21ClFN. The summed E-state index contributed by atoms with van der Waals surface area (Å²) in [6, 6.07) is 4.89. The molecule has 0 aliphatic heterocycles. The Kier molecular flexibility index (Phi) is 6.53. The van der Waals surface area contributed by atoms with E-state index in [9.17, 15) is 4.39 Å². The van der Waals surface area contributed by atoms with Crippen LogP contribution in [0.2, 0.25) is 5.02 Å². The molecule has 96 valence electrons. The third-order valence-electron chi connectivity index (χ3n) is 2.88. The topological polar surface area (TPSA) is 12.0 Å². The Labute approximate surface area is 108 Å². The fourth-order valence-electron chi connectivity index (χ4n) is 2.00. The van der Waals surface area contributed by atoms with Gasteiger partial charge in [0.15, 0.2) is 0 Å². The van der Waals surface area contributed by atoms with Crippen LogP contribution in [0.3, 0.4) is 0 Å². The zero-order chi connectivity index (χ0) is 12.7. The molecule has 1 atom stereocenters. The molecular weight excluding hydrogens is 237 g/mol. The van der Waals surface area contributed by atoms with Gasteiger partial charge >= 0.3 is 0 Å². The normalized spacial score (nSPS) is 12.7. The highest BCUT2D eigenvalue weighted by Gasteiger charge is 2.13. The average Bonchev–Trinajstić information content (AvgIpc) is 2.28. The van der Waals surface area contributed by atoms with Crippen LogP contribution in [0.25, 0.3) is 0 Å². The van der Waals surface area contributed by atoms with Crippen molar-refractivity contribution in [3.63, 3.8) is 0 Å². The standard InChI is InChI=1S/C14H21ClFN/c1-3-5-6-7-14(17-4-2)12-9-8-11(16)10-13(12)15/h8-10,14,17H,3-7H2,1-2H3. The lowest BCUT2D eigenvalue weighted by atomic mass is 10.0. The molecule has 1 N–H and O–H groups in total. The molecule has 0 amide bonds. The highest BCUT2D eigenvalue weighted by Crippen LogP contribution is 2.27. The van der Waals surface area contributed by atoms with Gasteiger partial charge in [-0.2, -0.15) is 0 Å². The van der Waals surface area contributed by atoms with Crippen LogP contribution in [-0.2, 0) is 0 Å². The lowest BCUT2D eigenvalue weighted by molar-refractivity contribution is 0.486. The Morgan fingerprint density at radius 2 is 2.06 bits per heavy atom. The second-order valence-corrected chi connectivity index (χ2v) is 4.68. The van der Waals surface area contributed by atoms with Crippen molar-refractivity contribution >= 4 is 11.6 Å². The molecule has 0 heterocycles. The molecule has 0 bridgehead atoms. The van der Waals surface area contributed by atoms with Crippen molar-refractivity contribution in [2.75, 3.05) is 6.54 Å². The summed E-state index contributed by atoms with van der Waals surface area (Å²) < 4.78 is 13.0. The molecule has 1 nitrogen and oxygen atoms in total. The van der Waals surface area contributed by atoms with Crippen molar-refractivity contribution < 1.29 is 4.39 Å². The highest BCUT2D eigenvalue weighted by atomic mass is 35.5. The highest BCUT2D eigenvalue weighted by molar-refractivity contribution is 6.31. The molecule has 3 heteroatoms. The van der Waals surface area contributed by atoms with Gasteiger partial charge in [-0.1, -0.05) is 50.8 Å². The van der Waals surface area contributed by atoms with Crippen molar-refractivity contribution in [1.29, 1.82) is 0 Å². The van der Waals surface area contributed by atoms with Gasteiger partial charge in [-0.05, 0) is 30.7 Å². The number of rotatable bonds is 7. The zero-order valence-electron chi connectivity index (χ0n) is 10.6. The van der Waals surface area contributed by atoms with Crippen LogP contribution in [0.1, 0.15) is 51.1 Å². The lowest BCUT2D eigenvalue weighted by Crippen LogP contribution is -2.21. The van der Waals surface area contributed by atoms with Crippen LogP contribution in [0.4, 0.5) is 4.39 Å². The summed E-state index contributed by atoms with van der Waals surface area (Å²) in [5.74, 6) is -0.275. The van der Waals surface area contributed by atoms with E-state index >= 15 is 0 Å². The summed E-state index contributed by atoms with van der Waals surface area (Å²) in [5.41, 5.74) is 1.01. The minimum absolute atomic E-state index is 0.236. The van der Waals surface area contributed by atoms with Gasteiger partial charge in [-0.25, -0.2) is 4.39 Å². The van der Waals surface area contributed by atoms with Crippen molar-refractivity contribution in [3.05, 3.63) is 34.6 Å². The third kappa shape index (κ3) is 4.64. The van der Waals surface area contributed by atoms with E-state index in [1.807, 2.05) is 0 Å². The summed E-state index contributed by atoms with van der Waals surface area (Å²) >= 11 is 6.09. The van der Waals surface area contributed by atoms with Gasteiger partial charge in [-0.15, -0.1) is 0 Å². The van der Waals surface area contributed by atoms with Crippen LogP contribution in [0.15, 0.2) is 18.2 Å². The van der Waals surface area contributed by atoms with Gasteiger partial charge in [0.25, 0.3) is 0 Å². The first-order chi connectivity index (χ1) is 8.19. The molecule has 0 aliphatic carbocycles. The number of nitrogens with one attached hydrogen (secondary N) is 1. The third-order valence-corrected chi connectivity index (χ3v) is 3.21. The molecule has 1 rings (SSSR count). The molecule has 1 aromatic carbocycles. The first kappa shape index (κ1) is 14.5. The van der Waals surface area contributed by atoms with Crippen LogP contribution in [-0.4, -0.2) is 6.54 Å². The van der Waals surface area contributed by atoms with E-state index < -0.39 is 0 Å². The Balaban J connectivity index is 2.74. The molecule has 0 aliphatic rings. The summed E-state index contributed by atoms with van der Waals surface area (Å²) in [5, 5.41) is 3.93. The summed E-state index contributed by atoms with van der Waals surface area (Å²) in [7, 11) is 0. The van der Waals surface area contributed by atoms with Gasteiger partial charge < -0.3 is 5.32 Å². The minimum atomic E-state index is -0.275. The van der Waals surface area contributed by atoms with Crippen molar-refractivity contribution in [2.24, 2.45) is 0 Å². The second-order valence-electron chi connectivity index (χ2n) is 4.27. The predicted octanol–water partition coefficient (Wildman–Crippen LogP) is 4.71. The smallest absolute Gasteiger partial charge is 0.124 e. The molecule has 0 radical (unpaired) electrons. The van der Waals surface area contributed by atoms with Gasteiger partial charge in [0.2, 0.25) is 0 Å². The van der Waals surface area contributed by atoms with Crippen LogP contribution >= 0.6 is 11.6 Å². The van der Waals surface area contributed by atoms with E-state index in [1.54, 1.807) is 6.07 Å². The molecule has 1 aromatic rings. The largest absolute Gasteiger partial charge is 0.310 e. The Bertz CT molecular complexity index is 341. The van der Waals surface area contributed by atoms with Gasteiger partial charge in [0.1, 0.15) is 5.82 Å². The first-order valence-electron chi connectivity index (χ1n) is 6.37. The summed E-state index contributed by atoms with van der Waals surface area (Å²) in [6.07, 6.45) is 4.64. The fraction of sp³-hybridized carbons (Fsp3) is 0.571. The Morgan fingerprint density at radius 1 is 1.29 bits per heavy atom. The average molecular weight is 258 g/mol. The quantitative estimate of drug-likeness (QED) is 0.698. The molecule has 0 aromatic heterocycles. The first-order valence-corrected chi connectivity index (χ1v) is 6.75. The van der Waals surface area contributed by atoms with Crippen LogP contribution in [0.5, 0.6) is 0 Å². The molecule has 0 spiro atoms. The van der Waals surface area contributed by atoms with E-state index in [4.69, 9.17) is 11.6 Å². The molecule has 0 saturated heterocycles. The maximum Gasteiger partial charge on any atom is 0.124 e. The predicted molar refractivity (Wildman–Crippen MR) is 72.0 cm³/mol. The molecule has 0 saturated carbocycles.